The van der Waals surface area contributed by atoms with E-state index in [1.165, 1.54) is 0 Å². The van der Waals surface area contributed by atoms with E-state index >= 15 is 0 Å². The van der Waals surface area contributed by atoms with E-state index in [0.29, 0.717) is 6.20 Å². The lowest BCUT2D eigenvalue weighted by atomic mass is 10.1. The zero-order chi connectivity index (χ0) is 12.6. The largest absolute Gasteiger partial charge is 0.410 e. The molecule has 0 atom stereocenters. The number of halogens is 5. The van der Waals surface area contributed by atoms with Gasteiger partial charge >= 0.3 is 6.18 Å². The van der Waals surface area contributed by atoms with E-state index < -0.39 is 22.7 Å². The number of nitrogens with zero attached hydrogens (tertiary/aromatic N) is 2. The maximum absolute atomic E-state index is 12.7. The number of hydrogen-bond donors (Lipinski definition) is 1. The van der Waals surface area contributed by atoms with E-state index in [1.54, 1.807) is 0 Å². The van der Waals surface area contributed by atoms with Gasteiger partial charge in [0.05, 0.1) is 6.20 Å². The average Bonchev–Trinajstić information content (AvgIpc) is 2.09. The van der Waals surface area contributed by atoms with Crippen LogP contribution < -0.4 is 5.32 Å². The minimum Gasteiger partial charge on any atom is -0.340 e. The highest BCUT2D eigenvalue weighted by molar-refractivity contribution is 6.29. The Bertz CT molecular complexity index is 391. The van der Waals surface area contributed by atoms with Gasteiger partial charge in [0.25, 0.3) is 0 Å². The molecule has 0 saturated heterocycles. The predicted molar refractivity (Wildman–Crippen MR) is 50.8 cm³/mol. The van der Waals surface area contributed by atoms with E-state index in [0.717, 1.165) is 13.8 Å². The van der Waals surface area contributed by atoms with Gasteiger partial charge in [-0.1, -0.05) is 11.6 Å². The lowest BCUT2D eigenvalue weighted by Gasteiger charge is -2.28. The highest BCUT2D eigenvalue weighted by Crippen LogP contribution is 2.32. The van der Waals surface area contributed by atoms with E-state index in [9.17, 15) is 17.6 Å². The van der Waals surface area contributed by atoms with Gasteiger partial charge in [0.1, 0.15) is 5.54 Å². The second kappa shape index (κ2) is 4.04. The summed E-state index contributed by atoms with van der Waals surface area (Å²) in [4.78, 5) is 6.70. The third-order valence-electron chi connectivity index (χ3n) is 1.83. The van der Waals surface area contributed by atoms with Gasteiger partial charge in [0, 0.05) is 0 Å². The third-order valence-corrected chi connectivity index (χ3v) is 2.10. The fourth-order valence-electron chi connectivity index (χ4n) is 0.757. The lowest BCUT2D eigenvalue weighted by molar-refractivity contribution is -0.168. The van der Waals surface area contributed by atoms with Crippen LogP contribution in [0.4, 0.5) is 23.5 Å². The average molecular weight is 258 g/mol. The van der Waals surface area contributed by atoms with Crippen LogP contribution in [0.5, 0.6) is 0 Å². The summed E-state index contributed by atoms with van der Waals surface area (Å²) >= 11 is 5.31. The van der Waals surface area contributed by atoms with E-state index in [-0.39, 0.29) is 5.95 Å². The number of hydrogen-bond acceptors (Lipinski definition) is 3. The summed E-state index contributed by atoms with van der Waals surface area (Å²) in [5, 5.41) is 1.50. The first-order valence-corrected chi connectivity index (χ1v) is 4.54. The van der Waals surface area contributed by atoms with Gasteiger partial charge < -0.3 is 5.32 Å². The van der Waals surface area contributed by atoms with Crippen molar-refractivity contribution in [2.45, 2.75) is 25.6 Å². The standard InChI is InChI=1S/C8H8ClF4N3/c1-7(2,8(11,12)13)16-6-14-3-4(10)5(9)15-6/h3H,1-2H3,(H,14,15,16). The fourth-order valence-corrected chi connectivity index (χ4v) is 0.886. The van der Waals surface area contributed by atoms with Crippen molar-refractivity contribution in [3.05, 3.63) is 17.2 Å². The molecule has 0 radical (unpaired) electrons. The van der Waals surface area contributed by atoms with Crippen molar-refractivity contribution in [3.8, 4) is 0 Å². The summed E-state index contributed by atoms with van der Waals surface area (Å²) in [6, 6.07) is 0. The molecule has 1 heterocycles. The van der Waals surface area contributed by atoms with Crippen LogP contribution in [0.1, 0.15) is 13.8 Å². The number of anilines is 1. The summed E-state index contributed by atoms with van der Waals surface area (Å²) in [6.07, 6.45) is -3.79. The molecule has 16 heavy (non-hydrogen) atoms. The maximum atomic E-state index is 12.7. The molecule has 90 valence electrons. The molecule has 0 amide bonds. The van der Waals surface area contributed by atoms with Gasteiger partial charge in [-0.3, -0.25) is 0 Å². The molecule has 0 fully saturated rings. The molecule has 1 aromatic heterocycles. The molecule has 0 aliphatic rings. The molecule has 0 aliphatic heterocycles. The van der Waals surface area contributed by atoms with Crippen LogP contribution in [0, 0.1) is 5.82 Å². The van der Waals surface area contributed by atoms with Crippen molar-refractivity contribution in [1.29, 1.82) is 0 Å². The van der Waals surface area contributed by atoms with E-state index in [2.05, 4.69) is 9.97 Å². The van der Waals surface area contributed by atoms with Crippen molar-refractivity contribution >= 4 is 17.5 Å². The van der Waals surface area contributed by atoms with E-state index in [4.69, 9.17) is 11.6 Å². The zero-order valence-corrected chi connectivity index (χ0v) is 9.12. The third kappa shape index (κ3) is 2.72. The van der Waals surface area contributed by atoms with Crippen LogP contribution in [-0.2, 0) is 0 Å². The molecular formula is C8H8ClF4N3. The van der Waals surface area contributed by atoms with Crippen molar-refractivity contribution in [1.82, 2.24) is 9.97 Å². The summed E-state index contributed by atoms with van der Waals surface area (Å²) in [5.74, 6) is -1.27. The van der Waals surface area contributed by atoms with Crippen LogP contribution in [0.3, 0.4) is 0 Å². The molecule has 1 rings (SSSR count). The van der Waals surface area contributed by atoms with Crippen LogP contribution >= 0.6 is 11.6 Å². The molecule has 0 spiro atoms. The second-order valence-electron chi connectivity index (χ2n) is 3.58. The van der Waals surface area contributed by atoms with Crippen molar-refractivity contribution in [2.75, 3.05) is 5.32 Å². The molecule has 0 aromatic carbocycles. The Kier molecular flexibility index (Phi) is 3.27. The Morgan fingerprint density at radius 3 is 2.31 bits per heavy atom. The van der Waals surface area contributed by atoms with Crippen LogP contribution in [0.15, 0.2) is 6.20 Å². The molecule has 1 aromatic rings. The summed E-state index contributed by atoms with van der Waals surface area (Å²) in [5.41, 5.74) is -2.23. The highest BCUT2D eigenvalue weighted by Gasteiger charge is 2.47. The smallest absolute Gasteiger partial charge is 0.340 e. The molecule has 0 saturated carbocycles. The summed E-state index contributed by atoms with van der Waals surface area (Å²) in [7, 11) is 0. The number of aromatic nitrogens is 2. The Morgan fingerprint density at radius 1 is 1.31 bits per heavy atom. The van der Waals surface area contributed by atoms with Gasteiger partial charge in [-0.05, 0) is 13.8 Å². The van der Waals surface area contributed by atoms with Gasteiger partial charge in [0.2, 0.25) is 5.95 Å². The van der Waals surface area contributed by atoms with Gasteiger partial charge in [-0.2, -0.15) is 18.2 Å². The second-order valence-corrected chi connectivity index (χ2v) is 3.94. The lowest BCUT2D eigenvalue weighted by Crippen LogP contribution is -2.46. The molecular weight excluding hydrogens is 250 g/mol. The molecule has 8 heteroatoms. The molecule has 0 unspecified atom stereocenters. The molecule has 0 aliphatic carbocycles. The molecule has 0 bridgehead atoms. The highest BCUT2D eigenvalue weighted by atomic mass is 35.5. The fraction of sp³-hybridized carbons (Fsp3) is 0.500. The maximum Gasteiger partial charge on any atom is 0.410 e. The Morgan fingerprint density at radius 2 is 1.88 bits per heavy atom. The number of alkyl halides is 3. The van der Waals surface area contributed by atoms with Crippen LogP contribution in [-0.4, -0.2) is 21.7 Å². The number of nitrogens with one attached hydrogen (secondary N) is 1. The first kappa shape index (κ1) is 13.0. The van der Waals surface area contributed by atoms with Crippen molar-refractivity contribution in [2.24, 2.45) is 0 Å². The van der Waals surface area contributed by atoms with Crippen LogP contribution in [0.25, 0.3) is 0 Å². The number of rotatable bonds is 2. The topological polar surface area (TPSA) is 37.8 Å². The summed E-state index contributed by atoms with van der Waals surface area (Å²) in [6.45, 7) is 1.82. The first-order valence-electron chi connectivity index (χ1n) is 4.16. The van der Waals surface area contributed by atoms with Gasteiger partial charge in [-0.15, -0.1) is 0 Å². The molecule has 3 nitrogen and oxygen atoms in total. The summed E-state index contributed by atoms with van der Waals surface area (Å²) < 4.78 is 50.1. The first-order chi connectivity index (χ1) is 7.13. The SMILES string of the molecule is CC(C)(Nc1ncc(F)c(Cl)n1)C(F)(F)F. The van der Waals surface area contributed by atoms with Gasteiger partial charge in [-0.25, -0.2) is 9.37 Å². The minimum absolute atomic E-state index is 0.381. The van der Waals surface area contributed by atoms with E-state index in [1.807, 2.05) is 5.32 Å². The minimum atomic E-state index is -4.49. The van der Waals surface area contributed by atoms with Crippen LogP contribution in [0.2, 0.25) is 5.15 Å². The Labute approximate surface area is 93.8 Å². The predicted octanol–water partition coefficient (Wildman–Crippen LogP) is 3.02. The van der Waals surface area contributed by atoms with Crippen molar-refractivity contribution in [3.63, 3.8) is 0 Å². The monoisotopic (exact) mass is 257 g/mol. The Balaban J connectivity index is 2.93. The van der Waals surface area contributed by atoms with Crippen molar-refractivity contribution < 1.29 is 17.6 Å². The molecule has 1 N–H and O–H groups in total. The Hall–Kier alpha value is -1.11. The zero-order valence-electron chi connectivity index (χ0n) is 8.36. The normalized spacial score (nSPS) is 12.7. The van der Waals surface area contributed by atoms with Gasteiger partial charge in [0.15, 0.2) is 11.0 Å². The quantitative estimate of drug-likeness (QED) is 0.654.